The van der Waals surface area contributed by atoms with Crippen LogP contribution in [0.25, 0.3) is 12.2 Å². The summed E-state index contributed by atoms with van der Waals surface area (Å²) in [5.41, 5.74) is 0. The molecule has 0 radical (unpaired) electrons. The topological polar surface area (TPSA) is 30.0 Å². The van der Waals surface area contributed by atoms with Crippen molar-refractivity contribution < 1.29 is 4.79 Å². The zero-order valence-corrected chi connectivity index (χ0v) is 7.84. The second-order valence-corrected chi connectivity index (χ2v) is 3.44. The Balaban J connectivity index is 2.81. The highest BCUT2D eigenvalue weighted by Crippen LogP contribution is 1.99. The number of hydrogen-bond donors (Lipinski definition) is 0. The van der Waals surface area contributed by atoms with Crippen molar-refractivity contribution in [3.8, 4) is 0 Å². The van der Waals surface area contributed by atoms with Crippen molar-refractivity contribution in [2.45, 2.75) is 6.42 Å². The lowest BCUT2D eigenvalue weighted by Gasteiger charge is -1.97. The van der Waals surface area contributed by atoms with Gasteiger partial charge < -0.3 is 0 Å². The van der Waals surface area contributed by atoms with Gasteiger partial charge >= 0.3 is 0 Å². The zero-order chi connectivity index (χ0) is 8.55. The van der Waals surface area contributed by atoms with Crippen molar-refractivity contribution >= 4 is 33.9 Å². The lowest BCUT2D eigenvalue weighted by atomic mass is 10.1. The van der Waals surface area contributed by atoms with Crippen LogP contribution in [0.3, 0.4) is 0 Å². The number of rotatable bonds is 0. The molecule has 0 fully saturated rings. The van der Waals surface area contributed by atoms with Crippen LogP contribution in [-0.4, -0.2) is 10.8 Å². The molecule has 60 valence electrons. The number of hydrogen-bond acceptors (Lipinski definition) is 2. The summed E-state index contributed by atoms with van der Waals surface area (Å²) in [4.78, 5) is 15.2. The summed E-state index contributed by atoms with van der Waals surface area (Å²) >= 11 is 3.25. The third kappa shape index (κ3) is 1.32. The predicted molar refractivity (Wildman–Crippen MR) is 49.7 cm³/mol. The second-order valence-electron chi connectivity index (χ2n) is 2.63. The van der Waals surface area contributed by atoms with E-state index in [0.29, 0.717) is 6.42 Å². The summed E-state index contributed by atoms with van der Waals surface area (Å²) in [6.07, 6.45) is 3.98. The van der Waals surface area contributed by atoms with Gasteiger partial charge in [-0.2, -0.15) is 0 Å². The normalized spacial score (nSPS) is 14.6. The number of pyridine rings is 1. The van der Waals surface area contributed by atoms with Gasteiger partial charge in [-0.1, -0.05) is 12.1 Å². The van der Waals surface area contributed by atoms with Gasteiger partial charge in [-0.05, 0) is 27.2 Å². The number of Topliss-reactive ketones (excluding diaryl/α,β-unsaturated/α-hetero) is 1. The molecule has 1 aliphatic rings. The largest absolute Gasteiger partial charge is 0.294 e. The van der Waals surface area contributed by atoms with E-state index in [1.807, 2.05) is 18.2 Å². The monoisotopic (exact) mass is 223 g/mol. The Morgan fingerprint density at radius 1 is 1.42 bits per heavy atom. The van der Waals surface area contributed by atoms with E-state index >= 15 is 0 Å². The van der Waals surface area contributed by atoms with Crippen LogP contribution in [-0.2, 0) is 4.79 Å². The molecule has 0 atom stereocenters. The maximum Gasteiger partial charge on any atom is 0.161 e. The lowest BCUT2D eigenvalue weighted by Crippen LogP contribution is -2.31. The van der Waals surface area contributed by atoms with Gasteiger partial charge in [0.1, 0.15) is 4.60 Å². The standard InChI is InChI=1S/C9H6BrNO/c10-9-4-2-6-1-3-7(12)5-8(6)11-9/h1-2,4-5H,3H2. The molecule has 12 heavy (non-hydrogen) atoms. The van der Waals surface area contributed by atoms with E-state index in [9.17, 15) is 4.79 Å². The van der Waals surface area contributed by atoms with Crippen LogP contribution in [0.2, 0.25) is 0 Å². The quantitative estimate of drug-likeness (QED) is 0.596. The molecule has 1 aromatic heterocycles. The Morgan fingerprint density at radius 2 is 2.25 bits per heavy atom. The third-order valence-electron chi connectivity index (χ3n) is 1.74. The minimum Gasteiger partial charge on any atom is -0.294 e. The molecule has 0 unspecified atom stereocenters. The van der Waals surface area contributed by atoms with Crippen LogP contribution in [0.1, 0.15) is 6.42 Å². The Morgan fingerprint density at radius 3 is 3.08 bits per heavy atom. The van der Waals surface area contributed by atoms with Crippen LogP contribution in [0.5, 0.6) is 0 Å². The van der Waals surface area contributed by atoms with Crippen molar-refractivity contribution in [1.29, 1.82) is 0 Å². The van der Waals surface area contributed by atoms with E-state index in [4.69, 9.17) is 0 Å². The smallest absolute Gasteiger partial charge is 0.161 e. The summed E-state index contributed by atoms with van der Waals surface area (Å²) in [5.74, 6) is 0.119. The molecule has 1 heterocycles. The first-order valence-corrected chi connectivity index (χ1v) is 4.42. The van der Waals surface area contributed by atoms with Crippen LogP contribution < -0.4 is 10.6 Å². The number of fused-ring (bicyclic) bond motifs is 1. The van der Waals surface area contributed by atoms with E-state index in [2.05, 4.69) is 20.9 Å². The summed E-state index contributed by atoms with van der Waals surface area (Å²) in [6.45, 7) is 0. The summed E-state index contributed by atoms with van der Waals surface area (Å²) in [5, 5.41) is 1.80. The number of aromatic nitrogens is 1. The zero-order valence-electron chi connectivity index (χ0n) is 6.25. The molecule has 0 bridgehead atoms. The highest BCUT2D eigenvalue weighted by molar-refractivity contribution is 9.10. The van der Waals surface area contributed by atoms with Gasteiger partial charge in [0.05, 0.1) is 5.35 Å². The molecule has 2 rings (SSSR count). The average molecular weight is 224 g/mol. The number of carbonyl (C=O) groups is 1. The average Bonchev–Trinajstić information content (AvgIpc) is 2.03. The molecule has 0 saturated carbocycles. The third-order valence-corrected chi connectivity index (χ3v) is 2.19. The van der Waals surface area contributed by atoms with E-state index in [0.717, 1.165) is 15.2 Å². The summed E-state index contributed by atoms with van der Waals surface area (Å²) in [6, 6.07) is 3.83. The van der Waals surface area contributed by atoms with E-state index in [1.54, 1.807) is 6.08 Å². The second kappa shape index (κ2) is 2.83. The minimum atomic E-state index is 0.119. The highest BCUT2D eigenvalue weighted by atomic mass is 79.9. The van der Waals surface area contributed by atoms with E-state index < -0.39 is 0 Å². The van der Waals surface area contributed by atoms with Gasteiger partial charge in [-0.3, -0.25) is 4.79 Å². The maximum atomic E-state index is 11.0. The van der Waals surface area contributed by atoms with Crippen LogP contribution >= 0.6 is 15.9 Å². The fraction of sp³-hybridized carbons (Fsp3) is 0.111. The lowest BCUT2D eigenvalue weighted by molar-refractivity contribution is -0.112. The van der Waals surface area contributed by atoms with Crippen molar-refractivity contribution in [3.63, 3.8) is 0 Å². The Labute approximate surface area is 77.8 Å². The number of halogens is 1. The number of nitrogens with zero attached hydrogens (tertiary/aromatic N) is 1. The van der Waals surface area contributed by atoms with Gasteiger partial charge in [0, 0.05) is 12.5 Å². The Hall–Kier alpha value is -0.960. The SMILES string of the molecule is O=C1C=c2nc(Br)ccc2=CC1. The molecule has 1 aliphatic carbocycles. The van der Waals surface area contributed by atoms with Crippen molar-refractivity contribution in [1.82, 2.24) is 4.98 Å². The first kappa shape index (κ1) is 7.68. The fourth-order valence-corrected chi connectivity index (χ4v) is 1.49. The molecule has 0 aliphatic heterocycles. The number of carbonyl (C=O) groups excluding carboxylic acids is 1. The highest BCUT2D eigenvalue weighted by Gasteiger charge is 2.01. The Bertz CT molecular complexity index is 450. The van der Waals surface area contributed by atoms with Crippen LogP contribution in [0.15, 0.2) is 16.7 Å². The van der Waals surface area contributed by atoms with E-state index in [1.165, 1.54) is 0 Å². The molecule has 0 spiro atoms. The van der Waals surface area contributed by atoms with Gasteiger partial charge in [-0.25, -0.2) is 4.98 Å². The van der Waals surface area contributed by atoms with Crippen LogP contribution in [0, 0.1) is 0 Å². The Kier molecular flexibility index (Phi) is 1.81. The maximum absolute atomic E-state index is 11.0. The summed E-state index contributed by atoms with van der Waals surface area (Å²) < 4.78 is 0.764. The van der Waals surface area contributed by atoms with Crippen molar-refractivity contribution in [3.05, 3.63) is 27.3 Å². The first-order chi connectivity index (χ1) is 5.75. The first-order valence-electron chi connectivity index (χ1n) is 3.63. The summed E-state index contributed by atoms with van der Waals surface area (Å²) in [7, 11) is 0. The van der Waals surface area contributed by atoms with Gasteiger partial charge in [0.15, 0.2) is 5.78 Å². The molecule has 1 aromatic rings. The molecule has 0 N–H and O–H groups in total. The molecular weight excluding hydrogens is 218 g/mol. The van der Waals surface area contributed by atoms with Gasteiger partial charge in [-0.15, -0.1) is 0 Å². The number of ketones is 1. The van der Waals surface area contributed by atoms with Crippen molar-refractivity contribution in [2.75, 3.05) is 0 Å². The van der Waals surface area contributed by atoms with Gasteiger partial charge in [0.2, 0.25) is 0 Å². The molecule has 0 saturated heterocycles. The van der Waals surface area contributed by atoms with Gasteiger partial charge in [0.25, 0.3) is 0 Å². The van der Waals surface area contributed by atoms with Crippen LogP contribution in [0.4, 0.5) is 0 Å². The fourth-order valence-electron chi connectivity index (χ4n) is 1.17. The minimum absolute atomic E-state index is 0.119. The van der Waals surface area contributed by atoms with E-state index in [-0.39, 0.29) is 5.78 Å². The molecule has 3 heteroatoms. The molecule has 0 amide bonds. The molecular formula is C9H6BrNO. The molecule has 2 nitrogen and oxygen atoms in total. The van der Waals surface area contributed by atoms with Crippen molar-refractivity contribution in [2.24, 2.45) is 0 Å². The predicted octanol–water partition coefficient (Wildman–Crippen LogP) is 0.378. The molecule has 0 aromatic carbocycles.